The Morgan fingerprint density at radius 2 is 1.52 bits per heavy atom. The van der Waals surface area contributed by atoms with E-state index in [9.17, 15) is 13.8 Å². The van der Waals surface area contributed by atoms with Gasteiger partial charge in [0.15, 0.2) is 0 Å². The van der Waals surface area contributed by atoms with Crippen LogP contribution in [0.3, 0.4) is 0 Å². The summed E-state index contributed by atoms with van der Waals surface area (Å²) < 4.78 is 14.8. The molecule has 5 nitrogen and oxygen atoms in total. The van der Waals surface area contributed by atoms with Crippen LogP contribution in [-0.4, -0.2) is 33.8 Å². The first-order valence-corrected chi connectivity index (χ1v) is 8.76. The molecule has 2 amide bonds. The zero-order valence-electron chi connectivity index (χ0n) is 12.6. The third-order valence-corrected chi connectivity index (χ3v) is 5.55. The second kappa shape index (κ2) is 5.64. The van der Waals surface area contributed by atoms with Crippen LogP contribution in [0.1, 0.15) is 26.3 Å². The summed E-state index contributed by atoms with van der Waals surface area (Å²) in [7, 11) is -0.920. The van der Waals surface area contributed by atoms with E-state index in [-0.39, 0.29) is 18.4 Å². The maximum Gasteiger partial charge on any atom is 0.261 e. The molecule has 0 spiro atoms. The first-order chi connectivity index (χ1) is 10.9. The van der Waals surface area contributed by atoms with E-state index in [1.807, 2.05) is 0 Å². The number of hydrogen-bond acceptors (Lipinski definition) is 3. The number of hydrogen-bond donors (Lipinski definition) is 1. The molecule has 2 aromatic carbocycles. The molecule has 1 unspecified atom stereocenters. The fraction of sp³-hybridized carbons (Fsp3) is 0.118. The highest BCUT2D eigenvalue weighted by Gasteiger charge is 2.34. The van der Waals surface area contributed by atoms with Crippen LogP contribution in [0, 0.1) is 0 Å². The Morgan fingerprint density at radius 3 is 2.00 bits per heavy atom. The zero-order chi connectivity index (χ0) is 16.6. The summed E-state index contributed by atoms with van der Waals surface area (Å²) in [6, 6.07) is 13.7. The quantitative estimate of drug-likeness (QED) is 0.686. The molecule has 0 radical (unpaired) electrons. The Labute approximate surface area is 135 Å². The van der Waals surface area contributed by atoms with Gasteiger partial charge in [-0.1, -0.05) is 24.3 Å². The Hall–Kier alpha value is -2.44. The Kier molecular flexibility index (Phi) is 3.79. The predicted octanol–water partition coefficient (Wildman–Crippen LogP) is 1.69. The smallest absolute Gasteiger partial charge is 0.261 e. The van der Waals surface area contributed by atoms with Gasteiger partial charge in [-0.05, 0) is 42.7 Å². The molecular weight excluding hydrogens is 312 g/mol. The van der Waals surface area contributed by atoms with Crippen LogP contribution < -0.4 is 4.72 Å². The molecule has 1 aliphatic rings. The Morgan fingerprint density at radius 1 is 1.00 bits per heavy atom. The monoisotopic (exact) mass is 328 g/mol. The van der Waals surface area contributed by atoms with E-state index in [0.29, 0.717) is 16.0 Å². The van der Waals surface area contributed by atoms with Crippen molar-refractivity contribution >= 4 is 27.4 Å². The molecule has 1 heterocycles. The minimum atomic E-state index is -2.50. The van der Waals surface area contributed by atoms with E-state index in [1.165, 1.54) is 4.90 Å². The zero-order valence-corrected chi connectivity index (χ0v) is 13.4. The summed E-state index contributed by atoms with van der Waals surface area (Å²) in [6.45, 7) is 0.185. The largest absolute Gasteiger partial charge is 0.270 e. The van der Waals surface area contributed by atoms with Crippen LogP contribution in [0.25, 0.3) is 0 Å². The maximum atomic E-state index is 12.3. The highest BCUT2D eigenvalue weighted by Crippen LogP contribution is 2.24. The van der Waals surface area contributed by atoms with Crippen molar-refractivity contribution in [1.29, 1.82) is 0 Å². The SMILES string of the molecule is C=S(=O)(NC)c1ccc(CN2C(=O)c3ccccc3C2=O)cc1. The van der Waals surface area contributed by atoms with Crippen molar-refractivity contribution in [1.82, 2.24) is 9.62 Å². The van der Waals surface area contributed by atoms with E-state index in [4.69, 9.17) is 0 Å². The van der Waals surface area contributed by atoms with Crippen molar-refractivity contribution in [3.8, 4) is 0 Å². The first kappa shape index (κ1) is 15.5. The van der Waals surface area contributed by atoms with Crippen molar-refractivity contribution in [2.75, 3.05) is 7.05 Å². The maximum absolute atomic E-state index is 12.3. The number of amides is 2. The van der Waals surface area contributed by atoms with E-state index >= 15 is 0 Å². The molecule has 1 N–H and O–H groups in total. The third-order valence-electron chi connectivity index (χ3n) is 3.85. The summed E-state index contributed by atoms with van der Waals surface area (Å²) in [6.07, 6.45) is 0. The van der Waals surface area contributed by atoms with Crippen LogP contribution in [0.15, 0.2) is 53.4 Å². The number of nitrogens with zero attached hydrogens (tertiary/aromatic N) is 1. The molecule has 23 heavy (non-hydrogen) atoms. The molecule has 0 saturated heterocycles. The number of nitrogens with one attached hydrogen (secondary N) is 1. The van der Waals surface area contributed by atoms with Gasteiger partial charge in [-0.3, -0.25) is 14.5 Å². The van der Waals surface area contributed by atoms with E-state index in [2.05, 4.69) is 10.6 Å². The lowest BCUT2D eigenvalue weighted by Crippen LogP contribution is -2.29. The number of imide groups is 1. The molecule has 2 aromatic rings. The number of fused-ring (bicyclic) bond motifs is 1. The normalized spacial score (nSPS) is 16.3. The van der Waals surface area contributed by atoms with Crippen molar-refractivity contribution < 1.29 is 13.8 Å². The standard InChI is InChI=1S/C17H16N2O3S/c1-18-23(2,22)13-9-7-12(8-10-13)11-19-16(20)14-5-3-4-6-15(14)17(19)21/h3-10H,2,11H2,1H3,(H,18,22). The molecule has 1 atom stereocenters. The van der Waals surface area contributed by atoms with Gasteiger partial charge in [0.05, 0.1) is 27.4 Å². The molecule has 0 aromatic heterocycles. The van der Waals surface area contributed by atoms with Crippen LogP contribution >= 0.6 is 0 Å². The summed E-state index contributed by atoms with van der Waals surface area (Å²) >= 11 is 0. The average molecular weight is 328 g/mol. The predicted molar refractivity (Wildman–Crippen MR) is 89.7 cm³/mol. The fourth-order valence-corrected chi connectivity index (χ4v) is 3.31. The lowest BCUT2D eigenvalue weighted by Gasteiger charge is -2.14. The second-order valence-electron chi connectivity index (χ2n) is 5.27. The molecule has 6 heteroatoms. The van der Waals surface area contributed by atoms with Crippen molar-refractivity contribution in [2.45, 2.75) is 11.4 Å². The Balaban J connectivity index is 1.84. The summed E-state index contributed by atoms with van der Waals surface area (Å²) in [5.41, 5.74) is 1.66. The van der Waals surface area contributed by atoms with Gasteiger partial charge in [-0.2, -0.15) is 0 Å². The van der Waals surface area contributed by atoms with Crippen molar-refractivity contribution in [3.63, 3.8) is 0 Å². The molecule has 0 saturated carbocycles. The summed E-state index contributed by atoms with van der Waals surface area (Å²) in [4.78, 5) is 26.4. The van der Waals surface area contributed by atoms with Gasteiger partial charge in [0, 0.05) is 4.90 Å². The lowest BCUT2D eigenvalue weighted by molar-refractivity contribution is 0.0642. The van der Waals surface area contributed by atoms with Crippen LogP contribution in [0.5, 0.6) is 0 Å². The van der Waals surface area contributed by atoms with Gasteiger partial charge in [-0.15, -0.1) is 0 Å². The van der Waals surface area contributed by atoms with Crippen LogP contribution in [-0.2, 0) is 16.3 Å². The topological polar surface area (TPSA) is 66.5 Å². The van der Waals surface area contributed by atoms with Crippen molar-refractivity contribution in [2.24, 2.45) is 0 Å². The molecule has 0 bridgehead atoms. The molecule has 118 valence electrons. The summed E-state index contributed by atoms with van der Waals surface area (Å²) in [5.74, 6) is 3.07. The Bertz CT molecular complexity index is 851. The van der Waals surface area contributed by atoms with Gasteiger partial charge in [0.25, 0.3) is 11.8 Å². The fourth-order valence-electron chi connectivity index (χ4n) is 2.50. The molecule has 0 aliphatic carbocycles. The highest BCUT2D eigenvalue weighted by molar-refractivity contribution is 7.98. The van der Waals surface area contributed by atoms with Crippen LogP contribution in [0.4, 0.5) is 0 Å². The number of carbonyl (C=O) groups is 2. The molecule has 3 rings (SSSR count). The van der Waals surface area contributed by atoms with E-state index < -0.39 is 9.71 Å². The van der Waals surface area contributed by atoms with Gasteiger partial charge in [-0.25, -0.2) is 8.93 Å². The van der Waals surface area contributed by atoms with Gasteiger partial charge >= 0.3 is 0 Å². The van der Waals surface area contributed by atoms with Gasteiger partial charge < -0.3 is 0 Å². The van der Waals surface area contributed by atoms with Crippen LogP contribution in [0.2, 0.25) is 0 Å². The molecular formula is C17H16N2O3S. The lowest BCUT2D eigenvalue weighted by atomic mass is 10.1. The van der Waals surface area contributed by atoms with Gasteiger partial charge in [0.1, 0.15) is 0 Å². The van der Waals surface area contributed by atoms with E-state index in [1.54, 1.807) is 55.6 Å². The second-order valence-corrected chi connectivity index (χ2v) is 7.50. The minimum absolute atomic E-state index is 0.185. The molecule has 1 aliphatic heterocycles. The molecule has 0 fully saturated rings. The van der Waals surface area contributed by atoms with E-state index in [0.717, 1.165) is 5.56 Å². The average Bonchev–Trinajstić information content (AvgIpc) is 2.81. The van der Waals surface area contributed by atoms with Gasteiger partial charge in [0.2, 0.25) is 0 Å². The number of carbonyl (C=O) groups excluding carboxylic acids is 2. The first-order valence-electron chi connectivity index (χ1n) is 7.04. The number of benzene rings is 2. The van der Waals surface area contributed by atoms with Crippen molar-refractivity contribution in [3.05, 3.63) is 65.2 Å². The minimum Gasteiger partial charge on any atom is -0.270 e. The third kappa shape index (κ3) is 2.67. The summed E-state index contributed by atoms with van der Waals surface area (Å²) in [5, 5.41) is 0. The number of rotatable bonds is 4. The highest BCUT2D eigenvalue weighted by atomic mass is 32.2.